The van der Waals surface area contributed by atoms with Crippen LogP contribution in [0.4, 0.5) is 0 Å². The molecule has 0 spiro atoms. The number of aliphatic carboxylic acids is 1. The van der Waals surface area contributed by atoms with Crippen LogP contribution in [0.15, 0.2) is 0 Å². The first-order valence-corrected chi connectivity index (χ1v) is 3.96. The van der Waals surface area contributed by atoms with E-state index >= 15 is 0 Å². The van der Waals surface area contributed by atoms with Gasteiger partial charge in [0, 0.05) is 13.2 Å². The summed E-state index contributed by atoms with van der Waals surface area (Å²) in [5, 5.41) is 17.4. The third-order valence-corrected chi connectivity index (χ3v) is 2.12. The number of ether oxygens (including phenoxy) is 1. The molecule has 1 heterocycles. The maximum absolute atomic E-state index is 10.7. The van der Waals surface area contributed by atoms with Gasteiger partial charge in [-0.25, -0.2) is 0 Å². The predicted molar refractivity (Wildman–Crippen MR) is 40.3 cm³/mol. The third kappa shape index (κ3) is 1.95. The molecular formula is C8H11NO3. The van der Waals surface area contributed by atoms with Crippen LogP contribution in [0.5, 0.6) is 0 Å². The highest BCUT2D eigenvalue weighted by Gasteiger charge is 2.29. The highest BCUT2D eigenvalue weighted by atomic mass is 16.5. The van der Waals surface area contributed by atoms with E-state index in [2.05, 4.69) is 0 Å². The number of carbonyl (C=O) groups is 1. The predicted octanol–water partition coefficient (Wildman–Crippen LogP) is 0.637. The lowest BCUT2D eigenvalue weighted by molar-refractivity contribution is -0.143. The number of carboxylic acids is 1. The highest BCUT2D eigenvalue weighted by Crippen LogP contribution is 2.22. The van der Waals surface area contributed by atoms with Crippen LogP contribution in [0.1, 0.15) is 12.8 Å². The maximum atomic E-state index is 10.7. The van der Waals surface area contributed by atoms with Gasteiger partial charge in [0.15, 0.2) is 0 Å². The molecule has 4 heteroatoms. The zero-order valence-corrected chi connectivity index (χ0v) is 6.69. The zero-order valence-electron chi connectivity index (χ0n) is 6.69. The molecule has 1 fully saturated rings. The summed E-state index contributed by atoms with van der Waals surface area (Å²) >= 11 is 0. The molecular weight excluding hydrogens is 158 g/mol. The van der Waals surface area contributed by atoms with Crippen molar-refractivity contribution in [3.05, 3.63) is 0 Å². The maximum Gasteiger partial charge on any atom is 0.307 e. The first-order valence-electron chi connectivity index (χ1n) is 3.96. The summed E-state index contributed by atoms with van der Waals surface area (Å²) < 4.78 is 5.09. The van der Waals surface area contributed by atoms with E-state index in [1.54, 1.807) is 0 Å². The van der Waals surface area contributed by atoms with Crippen LogP contribution in [0, 0.1) is 23.2 Å². The van der Waals surface area contributed by atoms with E-state index in [1.807, 2.05) is 6.07 Å². The summed E-state index contributed by atoms with van der Waals surface area (Å²) in [6.07, 6.45) is 0.987. The van der Waals surface area contributed by atoms with E-state index in [1.165, 1.54) is 0 Å². The fourth-order valence-corrected chi connectivity index (χ4v) is 1.38. The summed E-state index contributed by atoms with van der Waals surface area (Å²) in [7, 11) is 0. The normalized spacial score (nSPS) is 30.2. The Balaban J connectivity index is 2.65. The average molecular weight is 169 g/mol. The van der Waals surface area contributed by atoms with Gasteiger partial charge in [-0.1, -0.05) is 0 Å². The van der Waals surface area contributed by atoms with Crippen LogP contribution in [-0.2, 0) is 9.53 Å². The topological polar surface area (TPSA) is 70.3 Å². The van der Waals surface area contributed by atoms with Gasteiger partial charge >= 0.3 is 5.97 Å². The molecule has 4 nitrogen and oxygen atoms in total. The quantitative estimate of drug-likeness (QED) is 0.625. The highest BCUT2D eigenvalue weighted by molar-refractivity contribution is 5.70. The summed E-state index contributed by atoms with van der Waals surface area (Å²) in [6, 6.07) is 2.01. The van der Waals surface area contributed by atoms with Crippen LogP contribution < -0.4 is 0 Å². The fraction of sp³-hybridized carbons (Fsp3) is 0.750. The average Bonchev–Trinajstić information content (AvgIpc) is 2.27. The lowest BCUT2D eigenvalue weighted by Gasteiger charge is -2.12. The second-order valence-electron chi connectivity index (χ2n) is 2.87. The van der Waals surface area contributed by atoms with Crippen molar-refractivity contribution in [1.29, 1.82) is 5.26 Å². The monoisotopic (exact) mass is 169 g/mol. The Hall–Kier alpha value is -1.08. The summed E-state index contributed by atoms with van der Waals surface area (Å²) in [5.41, 5.74) is 0. The van der Waals surface area contributed by atoms with Gasteiger partial charge in [0.05, 0.1) is 17.9 Å². The molecule has 0 saturated carbocycles. The molecule has 0 amide bonds. The van der Waals surface area contributed by atoms with Crippen molar-refractivity contribution in [3.8, 4) is 6.07 Å². The molecule has 0 aliphatic carbocycles. The molecule has 1 aliphatic heterocycles. The Bertz CT molecular complexity index is 209. The standard InChI is InChI=1S/C8H11NO3/c9-5-6-1-3-12-4-2-7(6)8(10)11/h6-7H,1-4H2,(H,10,11)/t6-,7-/m1/s1. The van der Waals surface area contributed by atoms with Gasteiger partial charge < -0.3 is 9.84 Å². The van der Waals surface area contributed by atoms with Gasteiger partial charge in [-0.05, 0) is 12.8 Å². The first kappa shape index (κ1) is 9.01. The summed E-state index contributed by atoms with van der Waals surface area (Å²) in [6.45, 7) is 0.956. The molecule has 0 aromatic rings. The third-order valence-electron chi connectivity index (χ3n) is 2.12. The molecule has 0 aromatic heterocycles. The van der Waals surface area contributed by atoms with Crippen molar-refractivity contribution >= 4 is 5.97 Å². The van der Waals surface area contributed by atoms with E-state index < -0.39 is 11.9 Å². The molecule has 1 saturated heterocycles. The van der Waals surface area contributed by atoms with Gasteiger partial charge in [-0.3, -0.25) is 4.79 Å². The molecule has 66 valence electrons. The lowest BCUT2D eigenvalue weighted by atomic mass is 9.89. The van der Waals surface area contributed by atoms with Crippen LogP contribution in [0.25, 0.3) is 0 Å². The van der Waals surface area contributed by atoms with Crippen molar-refractivity contribution in [1.82, 2.24) is 0 Å². The molecule has 1 aliphatic rings. The smallest absolute Gasteiger partial charge is 0.307 e. The van der Waals surface area contributed by atoms with Crippen LogP contribution in [-0.4, -0.2) is 24.3 Å². The Morgan fingerprint density at radius 3 is 2.75 bits per heavy atom. The van der Waals surface area contributed by atoms with Gasteiger partial charge in [-0.2, -0.15) is 5.26 Å². The number of carboxylic acid groups (broad SMARTS) is 1. The van der Waals surface area contributed by atoms with Crippen molar-refractivity contribution in [2.24, 2.45) is 11.8 Å². The van der Waals surface area contributed by atoms with E-state index in [9.17, 15) is 4.79 Å². The van der Waals surface area contributed by atoms with E-state index in [0.717, 1.165) is 0 Å². The van der Waals surface area contributed by atoms with Crippen LogP contribution in [0.3, 0.4) is 0 Å². The number of nitriles is 1. The Labute approximate surface area is 70.7 Å². The van der Waals surface area contributed by atoms with Crippen molar-refractivity contribution < 1.29 is 14.6 Å². The van der Waals surface area contributed by atoms with Crippen molar-refractivity contribution in [2.45, 2.75) is 12.8 Å². The van der Waals surface area contributed by atoms with E-state index in [-0.39, 0.29) is 5.92 Å². The van der Waals surface area contributed by atoms with Crippen molar-refractivity contribution in [2.75, 3.05) is 13.2 Å². The van der Waals surface area contributed by atoms with E-state index in [4.69, 9.17) is 15.1 Å². The Morgan fingerprint density at radius 2 is 2.17 bits per heavy atom. The summed E-state index contributed by atoms with van der Waals surface area (Å²) in [4.78, 5) is 10.7. The Morgan fingerprint density at radius 1 is 1.50 bits per heavy atom. The number of hydrogen-bond acceptors (Lipinski definition) is 3. The second kappa shape index (κ2) is 4.07. The largest absolute Gasteiger partial charge is 0.481 e. The number of rotatable bonds is 1. The number of hydrogen-bond donors (Lipinski definition) is 1. The zero-order chi connectivity index (χ0) is 8.97. The molecule has 0 unspecified atom stereocenters. The van der Waals surface area contributed by atoms with Crippen LogP contribution >= 0.6 is 0 Å². The Kier molecular flexibility index (Phi) is 3.06. The van der Waals surface area contributed by atoms with Crippen molar-refractivity contribution in [3.63, 3.8) is 0 Å². The minimum absolute atomic E-state index is 0.384. The van der Waals surface area contributed by atoms with E-state index in [0.29, 0.717) is 26.1 Å². The lowest BCUT2D eigenvalue weighted by Crippen LogP contribution is -2.22. The molecule has 12 heavy (non-hydrogen) atoms. The fourth-order valence-electron chi connectivity index (χ4n) is 1.38. The molecule has 0 bridgehead atoms. The summed E-state index contributed by atoms with van der Waals surface area (Å²) in [5.74, 6) is -1.81. The number of nitrogens with zero attached hydrogens (tertiary/aromatic N) is 1. The van der Waals surface area contributed by atoms with Gasteiger partial charge in [0.2, 0.25) is 0 Å². The SMILES string of the molecule is N#C[C@H]1CCOCC[C@H]1C(=O)O. The van der Waals surface area contributed by atoms with Gasteiger partial charge in [-0.15, -0.1) is 0 Å². The minimum Gasteiger partial charge on any atom is -0.481 e. The molecule has 0 aromatic carbocycles. The van der Waals surface area contributed by atoms with Gasteiger partial charge in [0.25, 0.3) is 0 Å². The minimum atomic E-state index is -0.882. The molecule has 1 rings (SSSR count). The molecule has 2 atom stereocenters. The molecule has 0 radical (unpaired) electrons. The first-order chi connectivity index (χ1) is 5.75. The second-order valence-corrected chi connectivity index (χ2v) is 2.87. The van der Waals surface area contributed by atoms with Crippen LogP contribution in [0.2, 0.25) is 0 Å². The van der Waals surface area contributed by atoms with Gasteiger partial charge in [0.1, 0.15) is 0 Å². The molecule has 1 N–H and O–H groups in total.